The largest absolute Gasteiger partial charge is 0.376 e. The zero-order valence-corrected chi connectivity index (χ0v) is 18.1. The quantitative estimate of drug-likeness (QED) is 0.640. The Bertz CT molecular complexity index is 1050. The van der Waals surface area contributed by atoms with Crippen molar-refractivity contribution in [3.8, 4) is 11.4 Å². The molecule has 1 fully saturated rings. The van der Waals surface area contributed by atoms with Crippen molar-refractivity contribution in [3.63, 3.8) is 0 Å². The van der Waals surface area contributed by atoms with E-state index in [2.05, 4.69) is 52.1 Å². The van der Waals surface area contributed by atoms with Crippen molar-refractivity contribution in [2.75, 3.05) is 18.6 Å². The van der Waals surface area contributed by atoms with Crippen molar-refractivity contribution in [3.05, 3.63) is 65.7 Å². The van der Waals surface area contributed by atoms with Gasteiger partial charge >= 0.3 is 0 Å². The molecule has 3 heterocycles. The zero-order chi connectivity index (χ0) is 21.2. The highest BCUT2D eigenvalue weighted by Gasteiger charge is 2.38. The first-order valence-corrected chi connectivity index (χ1v) is 11.5. The number of amides is 1. The Labute approximate surface area is 185 Å². The highest BCUT2D eigenvalue weighted by molar-refractivity contribution is 8.00. The molecule has 0 saturated carbocycles. The minimum atomic E-state index is -0.371. The topological polar surface area (TPSA) is 81.1 Å². The molecule has 1 amide bonds. The number of hydrogen-bond acceptors (Lipinski definition) is 6. The molecule has 31 heavy (non-hydrogen) atoms. The summed E-state index contributed by atoms with van der Waals surface area (Å²) in [5.74, 6) is 0.715. The van der Waals surface area contributed by atoms with Gasteiger partial charge in [-0.15, -0.1) is 10.2 Å². The number of carbonyl (C=O) groups excluding carboxylic acids is 1. The van der Waals surface area contributed by atoms with Crippen molar-refractivity contribution in [1.29, 1.82) is 0 Å². The maximum Gasteiger partial charge on any atom is 0.236 e. The van der Waals surface area contributed by atoms with E-state index in [0.717, 1.165) is 36.4 Å². The van der Waals surface area contributed by atoms with E-state index in [0.29, 0.717) is 11.7 Å². The zero-order valence-electron chi connectivity index (χ0n) is 17.3. The van der Waals surface area contributed by atoms with Crippen LogP contribution in [-0.2, 0) is 9.53 Å². The van der Waals surface area contributed by atoms with Crippen LogP contribution in [0.1, 0.15) is 30.0 Å². The van der Waals surface area contributed by atoms with Gasteiger partial charge in [-0.3, -0.25) is 4.79 Å². The first-order chi connectivity index (χ1) is 15.2. The van der Waals surface area contributed by atoms with Gasteiger partial charge in [0.2, 0.25) is 11.1 Å². The number of hydrogen-bond donors (Lipinski definition) is 2. The van der Waals surface area contributed by atoms with Gasteiger partial charge in [-0.2, -0.15) is 0 Å². The first kappa shape index (κ1) is 20.1. The Balaban J connectivity index is 1.44. The number of carbonyl (C=O) groups is 1. The lowest BCUT2D eigenvalue weighted by atomic mass is 10.0. The third-order valence-electron chi connectivity index (χ3n) is 5.69. The van der Waals surface area contributed by atoms with Crippen molar-refractivity contribution in [2.24, 2.45) is 0 Å². The Morgan fingerprint density at radius 2 is 2.00 bits per heavy atom. The molecule has 2 aromatic carbocycles. The van der Waals surface area contributed by atoms with Crippen LogP contribution in [0.25, 0.3) is 11.4 Å². The molecule has 8 heteroatoms. The normalized spacial score (nSPS) is 22.5. The van der Waals surface area contributed by atoms with Crippen LogP contribution in [-0.4, -0.2) is 45.3 Å². The average Bonchev–Trinajstić information content (AvgIpc) is 3.47. The summed E-state index contributed by atoms with van der Waals surface area (Å²) in [5.41, 5.74) is 6.72. The maximum absolute atomic E-state index is 13.2. The fourth-order valence-corrected chi connectivity index (χ4v) is 5.08. The molecular formula is C23H25N5O2S. The monoisotopic (exact) mass is 435 g/mol. The van der Waals surface area contributed by atoms with Crippen molar-refractivity contribution < 1.29 is 9.53 Å². The Hall–Kier alpha value is -2.84. The van der Waals surface area contributed by atoms with Crippen LogP contribution in [0, 0.1) is 6.92 Å². The van der Waals surface area contributed by atoms with E-state index in [1.54, 1.807) is 0 Å². The third-order valence-corrected chi connectivity index (χ3v) is 6.91. The number of aromatic nitrogens is 3. The summed E-state index contributed by atoms with van der Waals surface area (Å²) in [6.07, 6.45) is 2.15. The van der Waals surface area contributed by atoms with Gasteiger partial charge in [-0.05, 0) is 25.3 Å². The lowest BCUT2D eigenvalue weighted by Gasteiger charge is -2.33. The molecule has 1 aromatic heterocycles. The van der Waals surface area contributed by atoms with Crippen LogP contribution >= 0.6 is 11.8 Å². The van der Waals surface area contributed by atoms with Crippen LogP contribution in [0.5, 0.6) is 0 Å². The van der Waals surface area contributed by atoms with Crippen molar-refractivity contribution in [1.82, 2.24) is 20.2 Å². The SMILES string of the molecule is Cc1ccc([C@@H]2Nn3c(nnc3-c3ccccc3)S[C@H]2C(=O)NC[C@@H]2CCCO2)cc1. The van der Waals surface area contributed by atoms with E-state index in [1.165, 1.54) is 17.3 Å². The molecule has 3 atom stereocenters. The standard InChI is InChI=1S/C23H25N5O2S/c1-15-9-11-16(12-10-15)19-20(22(29)24-14-18-8-5-13-30-18)31-23-26-25-21(28(23)27-19)17-6-3-2-4-7-17/h2-4,6-7,9-12,18-20,27H,5,8,13-14H2,1H3,(H,24,29)/t18-,19-,20+/m0/s1. The number of fused-ring (bicyclic) bond motifs is 1. The molecule has 1 saturated heterocycles. The molecule has 0 aliphatic carbocycles. The summed E-state index contributed by atoms with van der Waals surface area (Å²) < 4.78 is 7.56. The van der Waals surface area contributed by atoms with E-state index < -0.39 is 0 Å². The number of thioether (sulfide) groups is 1. The van der Waals surface area contributed by atoms with Gasteiger partial charge in [0.1, 0.15) is 5.25 Å². The smallest absolute Gasteiger partial charge is 0.236 e. The average molecular weight is 436 g/mol. The van der Waals surface area contributed by atoms with Crippen LogP contribution in [0.15, 0.2) is 59.8 Å². The molecule has 160 valence electrons. The van der Waals surface area contributed by atoms with E-state index in [-0.39, 0.29) is 23.3 Å². The maximum atomic E-state index is 13.2. The summed E-state index contributed by atoms with van der Waals surface area (Å²) in [4.78, 5) is 13.2. The molecule has 0 bridgehead atoms. The number of benzene rings is 2. The van der Waals surface area contributed by atoms with Gasteiger partial charge in [0.05, 0.1) is 12.1 Å². The van der Waals surface area contributed by atoms with Gasteiger partial charge < -0.3 is 15.5 Å². The molecule has 2 N–H and O–H groups in total. The highest BCUT2D eigenvalue weighted by Crippen LogP contribution is 2.38. The van der Waals surface area contributed by atoms with Gasteiger partial charge in [-0.25, -0.2) is 4.68 Å². The lowest BCUT2D eigenvalue weighted by molar-refractivity contribution is -0.121. The van der Waals surface area contributed by atoms with Crippen molar-refractivity contribution in [2.45, 2.75) is 42.3 Å². The molecule has 0 spiro atoms. The van der Waals surface area contributed by atoms with Gasteiger partial charge in [0.15, 0.2) is 5.82 Å². The summed E-state index contributed by atoms with van der Waals surface area (Å²) in [5, 5.41) is 12.1. The second-order valence-corrected chi connectivity index (χ2v) is 9.05. The predicted molar refractivity (Wildman–Crippen MR) is 120 cm³/mol. The summed E-state index contributed by atoms with van der Waals surface area (Å²) in [7, 11) is 0. The molecule has 5 rings (SSSR count). The lowest BCUT2D eigenvalue weighted by Crippen LogP contribution is -2.45. The molecule has 3 aromatic rings. The Morgan fingerprint density at radius 1 is 1.19 bits per heavy atom. The van der Waals surface area contributed by atoms with E-state index in [9.17, 15) is 4.79 Å². The molecule has 2 aliphatic heterocycles. The highest BCUT2D eigenvalue weighted by atomic mass is 32.2. The third kappa shape index (κ3) is 4.18. The van der Waals surface area contributed by atoms with Gasteiger partial charge in [0, 0.05) is 18.7 Å². The van der Waals surface area contributed by atoms with Crippen LogP contribution in [0.2, 0.25) is 0 Å². The van der Waals surface area contributed by atoms with E-state index in [1.807, 2.05) is 35.0 Å². The molecule has 0 radical (unpaired) electrons. The Morgan fingerprint density at radius 3 is 2.74 bits per heavy atom. The molecular weight excluding hydrogens is 410 g/mol. The fourth-order valence-electron chi connectivity index (χ4n) is 3.97. The van der Waals surface area contributed by atoms with Gasteiger partial charge in [-0.1, -0.05) is 71.9 Å². The molecule has 2 aliphatic rings. The number of nitrogens with one attached hydrogen (secondary N) is 2. The Kier molecular flexibility index (Phi) is 5.65. The minimum absolute atomic E-state index is 0.0194. The second kappa shape index (κ2) is 8.72. The number of nitrogens with zero attached hydrogens (tertiary/aromatic N) is 3. The number of ether oxygens (including phenoxy) is 1. The first-order valence-electron chi connectivity index (χ1n) is 10.6. The van der Waals surface area contributed by atoms with Crippen LogP contribution in [0.4, 0.5) is 0 Å². The van der Waals surface area contributed by atoms with E-state index in [4.69, 9.17) is 4.74 Å². The fraction of sp³-hybridized carbons (Fsp3) is 0.348. The molecule has 0 unspecified atom stereocenters. The van der Waals surface area contributed by atoms with Crippen LogP contribution < -0.4 is 10.7 Å². The van der Waals surface area contributed by atoms with E-state index >= 15 is 0 Å². The number of rotatable bonds is 5. The van der Waals surface area contributed by atoms with Crippen LogP contribution in [0.3, 0.4) is 0 Å². The second-order valence-electron chi connectivity index (χ2n) is 7.94. The predicted octanol–water partition coefficient (Wildman–Crippen LogP) is 3.31. The summed E-state index contributed by atoms with van der Waals surface area (Å²) in [6.45, 7) is 3.38. The summed E-state index contributed by atoms with van der Waals surface area (Å²) in [6, 6.07) is 18.0. The number of aryl methyl sites for hydroxylation is 1. The molecule has 7 nitrogen and oxygen atoms in total. The minimum Gasteiger partial charge on any atom is -0.376 e. The summed E-state index contributed by atoms with van der Waals surface area (Å²) >= 11 is 1.44. The van der Waals surface area contributed by atoms with Gasteiger partial charge in [0.25, 0.3) is 0 Å². The van der Waals surface area contributed by atoms with Crippen molar-refractivity contribution >= 4 is 17.7 Å².